The summed E-state index contributed by atoms with van der Waals surface area (Å²) in [5, 5.41) is 20.2. The van der Waals surface area contributed by atoms with Crippen LogP contribution in [0.15, 0.2) is 60.7 Å². The van der Waals surface area contributed by atoms with Crippen LogP contribution in [0, 0.1) is 0 Å². The van der Waals surface area contributed by atoms with Crippen LogP contribution < -0.4 is 10.2 Å². The van der Waals surface area contributed by atoms with E-state index in [9.17, 15) is 19.8 Å². The van der Waals surface area contributed by atoms with E-state index in [1.54, 1.807) is 36.4 Å². The van der Waals surface area contributed by atoms with Crippen molar-refractivity contribution in [3.63, 3.8) is 0 Å². The molecule has 20 heavy (non-hydrogen) atoms. The smallest absolute Gasteiger partial charge is 0.0715 e. The van der Waals surface area contributed by atoms with Crippen LogP contribution in [0.4, 0.5) is 0 Å². The van der Waals surface area contributed by atoms with Gasteiger partial charge >= 0.3 is 0 Å². The minimum Gasteiger partial charge on any atom is -0.545 e. The summed E-state index contributed by atoms with van der Waals surface area (Å²) in [6.07, 6.45) is 0. The molecule has 0 aliphatic heterocycles. The van der Waals surface area contributed by atoms with Crippen molar-refractivity contribution in [3.05, 3.63) is 71.8 Å². The Balaban J connectivity index is 0. The number of carbonyl (C=O) groups excluding carboxylic acids is 2. The minimum absolute atomic E-state index is 0. The molecule has 2 aromatic carbocycles. The third-order valence-corrected chi connectivity index (χ3v) is 2.02. The van der Waals surface area contributed by atoms with Crippen molar-refractivity contribution in [2.45, 2.75) is 0 Å². The van der Waals surface area contributed by atoms with Gasteiger partial charge in [-0.1, -0.05) is 60.7 Å². The zero-order valence-corrected chi connectivity index (χ0v) is 11.1. The van der Waals surface area contributed by atoms with Crippen molar-refractivity contribution in [1.29, 1.82) is 0 Å². The molecule has 1 radical (unpaired) electrons. The molecule has 0 heterocycles. The van der Waals surface area contributed by atoms with Crippen molar-refractivity contribution in [3.8, 4) is 0 Å². The topological polar surface area (TPSA) is 112 Å². The SMILES string of the molecule is O.O=C([O-])c1ccccc1.O=C([O-])c1ccccc1.[Cu]. The molecule has 0 aliphatic carbocycles. The zero-order chi connectivity index (χ0) is 13.4. The van der Waals surface area contributed by atoms with Gasteiger partial charge in [0, 0.05) is 17.1 Å². The largest absolute Gasteiger partial charge is 0.545 e. The van der Waals surface area contributed by atoms with Gasteiger partial charge in [0.25, 0.3) is 0 Å². The van der Waals surface area contributed by atoms with Crippen molar-refractivity contribution < 1.29 is 42.3 Å². The Bertz CT molecular complexity index is 464. The Morgan fingerprint density at radius 2 is 0.900 bits per heavy atom. The maximum absolute atomic E-state index is 10.1. The number of carbonyl (C=O) groups is 2. The van der Waals surface area contributed by atoms with Crippen LogP contribution in [0.25, 0.3) is 0 Å². The number of carboxylic acid groups (broad SMARTS) is 2. The Labute approximate surface area is 126 Å². The molecule has 0 saturated carbocycles. The van der Waals surface area contributed by atoms with Crippen LogP contribution in [0.1, 0.15) is 20.7 Å². The molecule has 2 aromatic rings. The third-order valence-electron chi connectivity index (χ3n) is 2.02. The van der Waals surface area contributed by atoms with E-state index in [1.807, 2.05) is 0 Å². The second-order valence-corrected chi connectivity index (χ2v) is 3.31. The van der Waals surface area contributed by atoms with Crippen molar-refractivity contribution in [1.82, 2.24) is 0 Å². The molecule has 2 N–H and O–H groups in total. The van der Waals surface area contributed by atoms with Gasteiger partial charge in [-0.3, -0.25) is 0 Å². The van der Waals surface area contributed by atoms with E-state index >= 15 is 0 Å². The normalized spacial score (nSPS) is 8.00. The summed E-state index contributed by atoms with van der Waals surface area (Å²) < 4.78 is 0. The Morgan fingerprint density at radius 3 is 1.05 bits per heavy atom. The molecule has 2 rings (SSSR count). The predicted molar refractivity (Wildman–Crippen MR) is 65.2 cm³/mol. The van der Waals surface area contributed by atoms with Gasteiger partial charge in [0.2, 0.25) is 0 Å². The molecule has 0 bridgehead atoms. The Hall–Kier alpha value is -2.14. The fraction of sp³-hybridized carbons (Fsp3) is 0. The van der Waals surface area contributed by atoms with E-state index in [0.29, 0.717) is 0 Å². The number of hydrogen-bond acceptors (Lipinski definition) is 4. The zero-order valence-electron chi connectivity index (χ0n) is 10.2. The summed E-state index contributed by atoms with van der Waals surface area (Å²) >= 11 is 0. The first-order chi connectivity index (χ1) is 8.61. The number of hydrogen-bond donors (Lipinski definition) is 0. The Kier molecular flexibility index (Phi) is 10.9. The number of benzene rings is 2. The van der Waals surface area contributed by atoms with Gasteiger partial charge < -0.3 is 25.3 Å². The molecule has 0 aliphatic rings. The molecule has 6 heteroatoms. The molecule has 0 saturated heterocycles. The molecule has 0 aromatic heterocycles. The Morgan fingerprint density at radius 1 is 0.650 bits per heavy atom. The molecule has 0 atom stereocenters. The quantitative estimate of drug-likeness (QED) is 0.678. The van der Waals surface area contributed by atoms with Crippen LogP contribution in [-0.4, -0.2) is 17.4 Å². The summed E-state index contributed by atoms with van der Waals surface area (Å²) in [5.41, 5.74) is 0.440. The summed E-state index contributed by atoms with van der Waals surface area (Å²) in [5.74, 6) is -2.26. The first-order valence-electron chi connectivity index (χ1n) is 5.14. The van der Waals surface area contributed by atoms with Crippen molar-refractivity contribution in [2.24, 2.45) is 0 Å². The molecule has 0 amide bonds. The van der Waals surface area contributed by atoms with Crippen LogP contribution >= 0.6 is 0 Å². The van der Waals surface area contributed by atoms with E-state index in [4.69, 9.17) is 0 Å². The van der Waals surface area contributed by atoms with Crippen LogP contribution in [0.2, 0.25) is 0 Å². The number of rotatable bonds is 2. The molecule has 0 unspecified atom stereocenters. The van der Waals surface area contributed by atoms with Gasteiger partial charge in [0.1, 0.15) is 0 Å². The number of carboxylic acids is 2. The van der Waals surface area contributed by atoms with E-state index < -0.39 is 11.9 Å². The molecule has 0 spiro atoms. The van der Waals surface area contributed by atoms with Crippen LogP contribution in [0.5, 0.6) is 0 Å². The van der Waals surface area contributed by atoms with Crippen molar-refractivity contribution in [2.75, 3.05) is 0 Å². The minimum atomic E-state index is -1.13. The monoisotopic (exact) mass is 323 g/mol. The molecular weight excluding hydrogens is 312 g/mol. The second kappa shape index (κ2) is 10.8. The van der Waals surface area contributed by atoms with Crippen LogP contribution in [0.3, 0.4) is 0 Å². The molecule has 111 valence electrons. The standard InChI is InChI=1S/2C7H6O2.Cu.H2O/c2*8-7(9)6-4-2-1-3-5-6;;/h2*1-5H,(H,8,9);;1H2/p-2. The van der Waals surface area contributed by atoms with Gasteiger partial charge in [-0.25, -0.2) is 0 Å². The van der Waals surface area contributed by atoms with Gasteiger partial charge in [-0.05, 0) is 11.1 Å². The van der Waals surface area contributed by atoms with Gasteiger partial charge in [-0.15, -0.1) is 0 Å². The van der Waals surface area contributed by atoms with Gasteiger partial charge in [0.15, 0.2) is 0 Å². The predicted octanol–water partition coefficient (Wildman–Crippen LogP) is -0.727. The molecule has 5 nitrogen and oxygen atoms in total. The summed E-state index contributed by atoms with van der Waals surface area (Å²) in [6.45, 7) is 0. The summed E-state index contributed by atoms with van der Waals surface area (Å²) in [7, 11) is 0. The summed E-state index contributed by atoms with van der Waals surface area (Å²) in [4.78, 5) is 20.2. The van der Waals surface area contributed by atoms with Gasteiger partial charge in [0.05, 0.1) is 11.9 Å². The van der Waals surface area contributed by atoms with E-state index in [-0.39, 0.29) is 33.7 Å². The van der Waals surface area contributed by atoms with E-state index in [0.717, 1.165) is 0 Å². The number of aromatic carboxylic acids is 2. The van der Waals surface area contributed by atoms with Crippen LogP contribution in [-0.2, 0) is 17.1 Å². The molecular formula is C14H12CuO5-2. The van der Waals surface area contributed by atoms with Crippen molar-refractivity contribution >= 4 is 11.9 Å². The van der Waals surface area contributed by atoms with Gasteiger partial charge in [-0.2, -0.15) is 0 Å². The average molecular weight is 324 g/mol. The third kappa shape index (κ3) is 7.33. The fourth-order valence-electron chi connectivity index (χ4n) is 1.15. The first kappa shape index (κ1) is 20.2. The first-order valence-corrected chi connectivity index (χ1v) is 5.14. The maximum atomic E-state index is 10.1. The van der Waals surface area contributed by atoms with E-state index in [1.165, 1.54) is 24.3 Å². The molecule has 0 fully saturated rings. The average Bonchev–Trinajstić information content (AvgIpc) is 2.41. The maximum Gasteiger partial charge on any atom is 0.0715 e. The summed E-state index contributed by atoms with van der Waals surface area (Å²) in [6, 6.07) is 16.1. The van der Waals surface area contributed by atoms with E-state index in [2.05, 4.69) is 0 Å². The second-order valence-electron chi connectivity index (χ2n) is 3.31. The fourth-order valence-corrected chi connectivity index (χ4v) is 1.15.